The maximum absolute atomic E-state index is 11.2. The molecule has 3 heteroatoms. The van der Waals surface area contributed by atoms with Crippen molar-refractivity contribution in [1.82, 2.24) is 0 Å². The van der Waals surface area contributed by atoms with Crippen molar-refractivity contribution in [2.45, 2.75) is 0 Å². The average molecular weight is 85.1 g/mol. The van der Waals surface area contributed by atoms with Crippen LogP contribution in [-0.2, 0) is 0 Å². The molecule has 0 aliphatic carbocycles. The van der Waals surface area contributed by atoms with Gasteiger partial charge in [0.05, 0.1) is 0 Å². The van der Waals surface area contributed by atoms with Gasteiger partial charge >= 0.3 is 5.95 Å². The van der Waals surface area contributed by atoms with Crippen LogP contribution in [0.5, 0.6) is 0 Å². The Labute approximate surface area is 34.2 Å². The molecule has 0 rings (SSSR count). The number of hydrogen-bond donors (Lipinski definition) is 0. The Kier molecular flexibility index (Phi) is 1.73. The zero-order valence-corrected chi connectivity index (χ0v) is 2.98. The lowest BCUT2D eigenvalue weighted by Crippen LogP contribution is -1.44. The van der Waals surface area contributed by atoms with Crippen LogP contribution in [0.3, 0.4) is 0 Å². The van der Waals surface area contributed by atoms with Crippen LogP contribution in [0.2, 0.25) is 0 Å². The summed E-state index contributed by atoms with van der Waals surface area (Å²) >= 11 is 0. The van der Waals surface area contributed by atoms with Crippen LogP contribution in [-0.4, -0.2) is 0 Å². The minimum absolute atomic E-state index is 1.09. The molecule has 0 spiro atoms. The predicted octanol–water partition coefficient (Wildman–Crippen LogP) is 1.44. The van der Waals surface area contributed by atoms with E-state index < -0.39 is 5.95 Å². The molecule has 30 valence electrons. The molecule has 0 fully saturated rings. The molecular formula is C3H2FN2+. The fourth-order valence-electron chi connectivity index (χ4n) is 0.0354. The van der Waals surface area contributed by atoms with E-state index in [4.69, 9.17) is 5.39 Å². The average Bonchev–Trinajstić information content (AvgIpc) is 1.65. The van der Waals surface area contributed by atoms with Crippen LogP contribution in [0.25, 0.3) is 4.98 Å². The predicted molar refractivity (Wildman–Crippen MR) is 18.8 cm³/mol. The zero-order chi connectivity index (χ0) is 4.99. The second kappa shape index (κ2) is 2.13. The Morgan fingerprint density at radius 3 is 2.50 bits per heavy atom. The molecule has 0 aromatic heterocycles. The van der Waals surface area contributed by atoms with Crippen molar-refractivity contribution < 1.29 is 4.39 Å². The molecule has 0 aliphatic heterocycles. The molecule has 2 nitrogen and oxygen atoms in total. The van der Waals surface area contributed by atoms with Gasteiger partial charge in [0.25, 0.3) is 0 Å². The summed E-state index contributed by atoms with van der Waals surface area (Å²) < 4.78 is 11.2. The number of nitrogens with zero attached hydrogens (tertiary/aromatic N) is 2. The Balaban J connectivity index is 3.99. The third-order valence-corrected chi connectivity index (χ3v) is 0.234. The quantitative estimate of drug-likeness (QED) is 0.248. The van der Waals surface area contributed by atoms with E-state index in [9.17, 15) is 4.39 Å². The summed E-state index contributed by atoms with van der Waals surface area (Å²) in [5.41, 5.74) is 1.70. The maximum atomic E-state index is 11.2. The van der Waals surface area contributed by atoms with E-state index in [2.05, 4.69) is 11.6 Å². The number of rotatable bonds is 0. The van der Waals surface area contributed by atoms with Crippen LogP contribution in [0.1, 0.15) is 0 Å². The topological polar surface area (TPSA) is 28.1 Å². The fourth-order valence-corrected chi connectivity index (χ4v) is 0.0354. The van der Waals surface area contributed by atoms with Gasteiger partial charge in [-0.2, -0.15) is 0 Å². The third kappa shape index (κ3) is 1.22. The van der Waals surface area contributed by atoms with Gasteiger partial charge in [-0.1, -0.05) is 0 Å². The largest absolute Gasteiger partial charge is 0.584 e. The highest BCUT2D eigenvalue weighted by molar-refractivity contribution is 4.93. The highest BCUT2D eigenvalue weighted by Gasteiger charge is 1.98. The lowest BCUT2D eigenvalue weighted by Gasteiger charge is -1.39. The second-order valence-corrected chi connectivity index (χ2v) is 0.568. The minimum atomic E-state index is -1.09. The van der Waals surface area contributed by atoms with Gasteiger partial charge in [0.2, 0.25) is 10.4 Å². The van der Waals surface area contributed by atoms with Crippen molar-refractivity contribution in [1.29, 1.82) is 5.39 Å². The highest BCUT2D eigenvalue weighted by Crippen LogP contribution is 1.89. The molecule has 0 aromatic rings. The Morgan fingerprint density at radius 2 is 2.50 bits per heavy atom. The van der Waals surface area contributed by atoms with Crippen molar-refractivity contribution in [3.63, 3.8) is 0 Å². The summed E-state index contributed by atoms with van der Waals surface area (Å²) in [4.78, 5) is 2.08. The lowest BCUT2D eigenvalue weighted by atomic mass is 10.9. The maximum Gasteiger partial charge on any atom is 0.584 e. The van der Waals surface area contributed by atoms with Crippen LogP contribution >= 0.6 is 0 Å². The minimum Gasteiger partial charge on any atom is -0.110 e. The fraction of sp³-hybridized carbons (Fsp3) is 0. The van der Waals surface area contributed by atoms with E-state index in [-0.39, 0.29) is 0 Å². The summed E-state index contributed by atoms with van der Waals surface area (Å²) in [7, 11) is 0. The van der Waals surface area contributed by atoms with Crippen molar-refractivity contribution in [3.8, 4) is 0 Å². The van der Waals surface area contributed by atoms with Crippen LogP contribution in [0, 0.1) is 5.39 Å². The summed E-state index contributed by atoms with van der Waals surface area (Å²) in [6, 6.07) is 0. The first kappa shape index (κ1) is 4.87. The van der Waals surface area contributed by atoms with Gasteiger partial charge in [-0.25, -0.2) is 0 Å². The summed E-state index contributed by atoms with van der Waals surface area (Å²) in [5.74, 6) is -1.09. The van der Waals surface area contributed by atoms with Gasteiger partial charge in [-0.05, 0) is 6.58 Å². The molecule has 0 heterocycles. The molecule has 0 unspecified atom stereocenters. The molecular weight excluding hydrogens is 83.0 g/mol. The first-order chi connectivity index (χ1) is 2.81. The van der Waals surface area contributed by atoms with Crippen molar-refractivity contribution in [3.05, 3.63) is 23.2 Å². The molecule has 0 bridgehead atoms. The van der Waals surface area contributed by atoms with E-state index in [0.717, 1.165) is 0 Å². The number of hydrogen-bond acceptors (Lipinski definition) is 1. The Morgan fingerprint density at radius 1 is 2.00 bits per heavy atom. The van der Waals surface area contributed by atoms with Crippen LogP contribution in [0.4, 0.5) is 4.39 Å². The van der Waals surface area contributed by atoms with Crippen LogP contribution in [0.15, 0.2) is 18.3 Å². The Hall–Kier alpha value is -1.13. The molecule has 0 N–H and O–H groups in total. The van der Waals surface area contributed by atoms with E-state index in [0.29, 0.717) is 0 Å². The van der Waals surface area contributed by atoms with Gasteiger partial charge in [0, 0.05) is 5.73 Å². The molecule has 0 aliphatic rings. The van der Waals surface area contributed by atoms with E-state index in [1.807, 2.05) is 0 Å². The monoisotopic (exact) mass is 85.0 g/mol. The highest BCUT2D eigenvalue weighted by atomic mass is 19.1. The standard InChI is InChI=1S/C3H2FN2/c1-2-3(4)6-5/h1H2/q+1. The second-order valence-electron chi connectivity index (χ2n) is 0.568. The number of halogens is 1. The molecule has 0 atom stereocenters. The van der Waals surface area contributed by atoms with E-state index in [1.54, 1.807) is 5.73 Å². The first-order valence-electron chi connectivity index (χ1n) is 1.22. The normalized spacial score (nSPS) is 5.33. The van der Waals surface area contributed by atoms with Gasteiger partial charge in [0.15, 0.2) is 0 Å². The van der Waals surface area contributed by atoms with E-state index in [1.165, 1.54) is 0 Å². The summed E-state index contributed by atoms with van der Waals surface area (Å²) in [6.45, 7) is 2.84. The van der Waals surface area contributed by atoms with Gasteiger partial charge in [0.1, 0.15) is 0 Å². The SMILES string of the molecule is C=C=C(F)[N+]#N. The first-order valence-corrected chi connectivity index (χ1v) is 1.22. The molecule has 0 aromatic carbocycles. The summed E-state index contributed by atoms with van der Waals surface area (Å²) in [5, 5.41) is 7.45. The molecule has 0 amide bonds. The van der Waals surface area contributed by atoms with Gasteiger partial charge < -0.3 is 0 Å². The van der Waals surface area contributed by atoms with Crippen LogP contribution < -0.4 is 0 Å². The van der Waals surface area contributed by atoms with E-state index >= 15 is 0 Å². The van der Waals surface area contributed by atoms with Crippen molar-refractivity contribution in [2.75, 3.05) is 0 Å². The molecule has 6 heavy (non-hydrogen) atoms. The van der Waals surface area contributed by atoms with Crippen molar-refractivity contribution >= 4 is 0 Å². The number of diazo groups is 1. The third-order valence-electron chi connectivity index (χ3n) is 0.234. The zero-order valence-electron chi connectivity index (χ0n) is 2.98. The van der Waals surface area contributed by atoms with Gasteiger partial charge in [-0.15, -0.1) is 4.39 Å². The van der Waals surface area contributed by atoms with Gasteiger partial charge in [-0.3, -0.25) is 0 Å². The smallest absolute Gasteiger partial charge is 0.110 e. The Bertz CT molecular complexity index is 126. The summed E-state index contributed by atoms with van der Waals surface area (Å²) in [6.07, 6.45) is 0. The van der Waals surface area contributed by atoms with Crippen molar-refractivity contribution in [2.24, 2.45) is 0 Å². The molecule has 0 saturated heterocycles. The molecule has 0 radical (unpaired) electrons. The lowest BCUT2D eigenvalue weighted by molar-refractivity contribution is 0.663. The molecule has 0 saturated carbocycles.